The zero-order chi connectivity index (χ0) is 19.5. The summed E-state index contributed by atoms with van der Waals surface area (Å²) in [6.45, 7) is 7.08. The third-order valence-electron chi connectivity index (χ3n) is 5.47. The second-order valence-electron chi connectivity index (χ2n) is 7.57. The lowest BCUT2D eigenvalue weighted by Gasteiger charge is -2.23. The average molecular weight is 377 g/mol. The summed E-state index contributed by atoms with van der Waals surface area (Å²) in [5.41, 5.74) is 4.20. The van der Waals surface area contributed by atoms with Gasteiger partial charge >= 0.3 is 0 Å². The molecule has 1 aliphatic rings. The molecule has 2 aromatic carbocycles. The number of anilines is 2. The Bertz CT molecular complexity index is 1030. The second kappa shape index (κ2) is 8.02. The molecule has 1 fully saturated rings. The number of aromatic nitrogens is 2. The van der Waals surface area contributed by atoms with E-state index in [-0.39, 0.29) is 5.56 Å². The topological polar surface area (TPSA) is 64.3 Å². The minimum atomic E-state index is -0.150. The van der Waals surface area contributed by atoms with Gasteiger partial charge in [0.05, 0.1) is 11.1 Å². The summed E-state index contributed by atoms with van der Waals surface area (Å²) >= 11 is 0. The first kappa shape index (κ1) is 18.5. The molecule has 2 heterocycles. The summed E-state index contributed by atoms with van der Waals surface area (Å²) in [7, 11) is 2.19. The smallest absolute Gasteiger partial charge is 0.272 e. The molecule has 0 atom stereocenters. The number of aryl methyl sites for hydroxylation is 1. The summed E-state index contributed by atoms with van der Waals surface area (Å²) < 4.78 is 0. The molecule has 0 bridgehead atoms. The first-order chi connectivity index (χ1) is 13.6. The minimum absolute atomic E-state index is 0.150. The van der Waals surface area contributed by atoms with Gasteiger partial charge in [0, 0.05) is 42.9 Å². The summed E-state index contributed by atoms with van der Waals surface area (Å²) in [5, 5.41) is 11.6. The summed E-state index contributed by atoms with van der Waals surface area (Å²) in [6.07, 6.45) is 1.20. The van der Waals surface area contributed by atoms with Crippen molar-refractivity contribution < 1.29 is 0 Å². The van der Waals surface area contributed by atoms with Gasteiger partial charge < -0.3 is 15.1 Å². The van der Waals surface area contributed by atoms with Crippen LogP contribution in [-0.4, -0.2) is 48.3 Å². The highest BCUT2D eigenvalue weighted by molar-refractivity contribution is 5.86. The molecule has 28 heavy (non-hydrogen) atoms. The van der Waals surface area contributed by atoms with Crippen molar-refractivity contribution in [3.63, 3.8) is 0 Å². The Hall–Kier alpha value is -2.86. The maximum atomic E-state index is 11.9. The highest BCUT2D eigenvalue weighted by Gasteiger charge is 2.13. The number of hydrogen-bond donors (Lipinski definition) is 2. The van der Waals surface area contributed by atoms with Gasteiger partial charge in [0.15, 0.2) is 0 Å². The average Bonchev–Trinajstić information content (AvgIpc) is 2.94. The van der Waals surface area contributed by atoms with Crippen LogP contribution in [0.25, 0.3) is 10.8 Å². The van der Waals surface area contributed by atoms with Crippen molar-refractivity contribution in [2.24, 2.45) is 0 Å². The number of rotatable bonds is 4. The van der Waals surface area contributed by atoms with Gasteiger partial charge in [-0.05, 0) is 62.8 Å². The van der Waals surface area contributed by atoms with Crippen molar-refractivity contribution >= 4 is 22.1 Å². The Morgan fingerprint density at radius 3 is 2.86 bits per heavy atom. The van der Waals surface area contributed by atoms with Crippen LogP contribution in [0.5, 0.6) is 0 Å². The van der Waals surface area contributed by atoms with Crippen LogP contribution in [0.4, 0.5) is 11.4 Å². The molecule has 0 aliphatic carbocycles. The van der Waals surface area contributed by atoms with Crippen molar-refractivity contribution in [3.05, 3.63) is 64.1 Å². The van der Waals surface area contributed by atoms with Crippen LogP contribution >= 0.6 is 0 Å². The lowest BCUT2D eigenvalue weighted by molar-refractivity contribution is 0.360. The van der Waals surface area contributed by atoms with E-state index in [9.17, 15) is 4.79 Å². The summed E-state index contributed by atoms with van der Waals surface area (Å²) in [6, 6.07) is 14.6. The molecule has 4 rings (SSSR count). The number of benzene rings is 2. The molecule has 6 heteroatoms. The van der Waals surface area contributed by atoms with Crippen molar-refractivity contribution in [1.82, 2.24) is 15.1 Å². The Kier molecular flexibility index (Phi) is 5.30. The lowest BCUT2D eigenvalue weighted by atomic mass is 10.1. The van der Waals surface area contributed by atoms with E-state index in [0.29, 0.717) is 5.39 Å². The molecular formula is C22H27N5O. The fraction of sp³-hybridized carbons (Fsp3) is 0.364. The standard InChI is InChI=1S/C22H27N5O/c1-16-21-14-18(7-8-20(21)22(28)25-24-16)23-15-17-5-3-6-19(13-17)27-10-4-9-26(2)11-12-27/h3,5-8,13-14,23H,4,9-12,15H2,1-2H3,(H,25,28). The first-order valence-electron chi connectivity index (χ1n) is 9.85. The molecule has 0 unspecified atom stereocenters. The van der Waals surface area contributed by atoms with E-state index < -0.39 is 0 Å². The molecule has 3 aromatic rings. The second-order valence-corrected chi connectivity index (χ2v) is 7.57. The van der Waals surface area contributed by atoms with Gasteiger partial charge in [0.1, 0.15) is 0 Å². The molecule has 1 aliphatic heterocycles. The molecular weight excluding hydrogens is 350 g/mol. The number of fused-ring (bicyclic) bond motifs is 1. The normalized spacial score (nSPS) is 15.6. The van der Waals surface area contributed by atoms with Gasteiger partial charge in [-0.2, -0.15) is 5.10 Å². The SMILES string of the molecule is Cc1n[nH]c(=O)c2ccc(NCc3cccc(N4CCCN(C)CC4)c3)cc12. The number of likely N-dealkylation sites (N-methyl/N-ethyl adjacent to an activating group) is 1. The van der Waals surface area contributed by atoms with Gasteiger partial charge in [0.25, 0.3) is 5.56 Å². The highest BCUT2D eigenvalue weighted by atomic mass is 16.1. The number of H-pyrrole nitrogens is 1. The minimum Gasteiger partial charge on any atom is -0.381 e. The Labute approximate surface area is 165 Å². The van der Waals surface area contributed by atoms with Crippen molar-refractivity contribution in [3.8, 4) is 0 Å². The summed E-state index contributed by atoms with van der Waals surface area (Å²) in [4.78, 5) is 16.8. The number of hydrogen-bond acceptors (Lipinski definition) is 5. The van der Waals surface area contributed by atoms with Gasteiger partial charge in [-0.1, -0.05) is 12.1 Å². The summed E-state index contributed by atoms with van der Waals surface area (Å²) in [5.74, 6) is 0. The monoisotopic (exact) mass is 377 g/mol. The molecule has 0 radical (unpaired) electrons. The number of aromatic amines is 1. The van der Waals surface area contributed by atoms with Crippen molar-refractivity contribution in [2.45, 2.75) is 19.9 Å². The van der Waals surface area contributed by atoms with Crippen LogP contribution in [0.2, 0.25) is 0 Å². The molecule has 146 valence electrons. The molecule has 0 spiro atoms. The lowest BCUT2D eigenvalue weighted by Crippen LogP contribution is -2.28. The van der Waals surface area contributed by atoms with E-state index >= 15 is 0 Å². The van der Waals surface area contributed by atoms with Crippen LogP contribution in [0.1, 0.15) is 17.7 Å². The maximum Gasteiger partial charge on any atom is 0.272 e. The van der Waals surface area contributed by atoms with Crippen LogP contribution in [-0.2, 0) is 6.54 Å². The molecule has 2 N–H and O–H groups in total. The fourth-order valence-corrected chi connectivity index (χ4v) is 3.78. The highest BCUT2D eigenvalue weighted by Crippen LogP contribution is 2.21. The van der Waals surface area contributed by atoms with Crippen molar-refractivity contribution in [2.75, 3.05) is 43.4 Å². The molecule has 6 nitrogen and oxygen atoms in total. The maximum absolute atomic E-state index is 11.9. The van der Waals surface area contributed by atoms with E-state index in [1.807, 2.05) is 25.1 Å². The van der Waals surface area contributed by atoms with Crippen LogP contribution in [0, 0.1) is 6.92 Å². The van der Waals surface area contributed by atoms with Crippen molar-refractivity contribution in [1.29, 1.82) is 0 Å². The molecule has 0 saturated carbocycles. The zero-order valence-electron chi connectivity index (χ0n) is 16.5. The fourth-order valence-electron chi connectivity index (χ4n) is 3.78. The first-order valence-corrected chi connectivity index (χ1v) is 9.85. The quantitative estimate of drug-likeness (QED) is 0.732. The van der Waals surface area contributed by atoms with E-state index in [0.717, 1.165) is 49.5 Å². The number of nitrogens with zero attached hydrogens (tertiary/aromatic N) is 3. The van der Waals surface area contributed by atoms with E-state index in [1.54, 1.807) is 0 Å². The van der Waals surface area contributed by atoms with Gasteiger partial charge in [-0.25, -0.2) is 5.10 Å². The Balaban J connectivity index is 1.49. The van der Waals surface area contributed by atoms with E-state index in [2.05, 4.69) is 56.6 Å². The molecule has 1 saturated heterocycles. The number of nitrogens with one attached hydrogen (secondary N) is 2. The van der Waals surface area contributed by atoms with Gasteiger partial charge in [-0.3, -0.25) is 4.79 Å². The zero-order valence-corrected chi connectivity index (χ0v) is 16.5. The van der Waals surface area contributed by atoms with E-state index in [4.69, 9.17) is 0 Å². The van der Waals surface area contributed by atoms with Gasteiger partial charge in [-0.15, -0.1) is 0 Å². The Morgan fingerprint density at radius 1 is 1.07 bits per heavy atom. The Morgan fingerprint density at radius 2 is 1.96 bits per heavy atom. The van der Waals surface area contributed by atoms with Crippen LogP contribution in [0.15, 0.2) is 47.3 Å². The predicted molar refractivity (Wildman–Crippen MR) is 115 cm³/mol. The molecule has 0 amide bonds. The van der Waals surface area contributed by atoms with E-state index in [1.165, 1.54) is 17.7 Å². The third-order valence-corrected chi connectivity index (χ3v) is 5.47. The van der Waals surface area contributed by atoms with Gasteiger partial charge in [0.2, 0.25) is 0 Å². The molecule has 1 aromatic heterocycles. The van der Waals surface area contributed by atoms with Crippen LogP contribution in [0.3, 0.4) is 0 Å². The predicted octanol–water partition coefficient (Wildman–Crippen LogP) is 2.99. The largest absolute Gasteiger partial charge is 0.381 e. The van der Waals surface area contributed by atoms with Crippen LogP contribution < -0.4 is 15.8 Å². The third kappa shape index (κ3) is 4.02.